The summed E-state index contributed by atoms with van der Waals surface area (Å²) in [5, 5.41) is 17.0. The lowest BCUT2D eigenvalue weighted by Crippen LogP contribution is -2.12. The van der Waals surface area contributed by atoms with Gasteiger partial charge in [0.2, 0.25) is 0 Å². The van der Waals surface area contributed by atoms with Gasteiger partial charge in [0.1, 0.15) is 11.8 Å². The predicted octanol–water partition coefficient (Wildman–Crippen LogP) is 1.47. The average molecular weight is 202 g/mol. The van der Waals surface area contributed by atoms with Gasteiger partial charge in [-0.25, -0.2) is 0 Å². The van der Waals surface area contributed by atoms with E-state index in [0.29, 0.717) is 6.04 Å². The van der Waals surface area contributed by atoms with Crippen LogP contribution in [0.2, 0.25) is 0 Å². The Balaban J connectivity index is 2.04. The minimum atomic E-state index is 0.477. The molecule has 1 fully saturated rings. The standard InChI is InChI=1S/C11H14N4/c12-5-11-9-6-13-7-10(9)14-15(11)8-3-1-2-4-8/h8,13H,1-4,6-7H2. The average Bonchev–Trinajstić information content (AvgIpc) is 2.93. The highest BCUT2D eigenvalue weighted by molar-refractivity contribution is 5.38. The van der Waals surface area contributed by atoms with Gasteiger partial charge in [0.15, 0.2) is 0 Å². The van der Waals surface area contributed by atoms with Crippen LogP contribution in [0.15, 0.2) is 0 Å². The van der Waals surface area contributed by atoms with Crippen LogP contribution in [0.25, 0.3) is 0 Å². The van der Waals surface area contributed by atoms with Crippen molar-refractivity contribution < 1.29 is 0 Å². The molecule has 4 heteroatoms. The van der Waals surface area contributed by atoms with Crippen LogP contribution in [0.1, 0.15) is 48.7 Å². The molecular weight excluding hydrogens is 188 g/mol. The number of rotatable bonds is 1. The first-order valence-electron chi connectivity index (χ1n) is 5.61. The van der Waals surface area contributed by atoms with Gasteiger partial charge < -0.3 is 5.32 Å². The van der Waals surface area contributed by atoms with Crippen molar-refractivity contribution in [3.8, 4) is 6.07 Å². The maximum Gasteiger partial charge on any atom is 0.143 e. The van der Waals surface area contributed by atoms with Gasteiger partial charge in [0, 0.05) is 18.7 Å². The second-order valence-electron chi connectivity index (χ2n) is 4.37. The van der Waals surface area contributed by atoms with Crippen LogP contribution in [-0.4, -0.2) is 9.78 Å². The number of hydrogen-bond donors (Lipinski definition) is 1. The molecule has 0 spiro atoms. The quantitative estimate of drug-likeness (QED) is 0.750. The van der Waals surface area contributed by atoms with E-state index in [1.807, 2.05) is 4.68 Å². The molecule has 1 saturated carbocycles. The van der Waals surface area contributed by atoms with Crippen molar-refractivity contribution in [2.75, 3.05) is 0 Å². The fraction of sp³-hybridized carbons (Fsp3) is 0.636. The van der Waals surface area contributed by atoms with Gasteiger partial charge >= 0.3 is 0 Å². The summed E-state index contributed by atoms with van der Waals surface area (Å²) in [6, 6.07) is 2.79. The number of fused-ring (bicyclic) bond motifs is 1. The second-order valence-corrected chi connectivity index (χ2v) is 4.37. The lowest BCUT2D eigenvalue weighted by Gasteiger charge is -2.11. The summed E-state index contributed by atoms with van der Waals surface area (Å²) in [7, 11) is 0. The molecule has 0 atom stereocenters. The zero-order chi connectivity index (χ0) is 10.3. The van der Waals surface area contributed by atoms with E-state index in [-0.39, 0.29) is 0 Å². The maximum atomic E-state index is 9.19. The third-order valence-electron chi connectivity index (χ3n) is 3.46. The smallest absolute Gasteiger partial charge is 0.143 e. The molecule has 1 aromatic rings. The normalized spacial score (nSPS) is 20.5. The first-order valence-corrected chi connectivity index (χ1v) is 5.61. The van der Waals surface area contributed by atoms with E-state index >= 15 is 0 Å². The third-order valence-corrected chi connectivity index (χ3v) is 3.46. The Kier molecular flexibility index (Phi) is 2.00. The highest BCUT2D eigenvalue weighted by Crippen LogP contribution is 2.32. The van der Waals surface area contributed by atoms with E-state index in [2.05, 4.69) is 16.5 Å². The first-order chi connectivity index (χ1) is 7.40. The minimum Gasteiger partial charge on any atom is -0.307 e. The van der Waals surface area contributed by atoms with Gasteiger partial charge in [-0.3, -0.25) is 4.68 Å². The predicted molar refractivity (Wildman–Crippen MR) is 55.0 cm³/mol. The number of nitriles is 1. The Labute approximate surface area is 88.9 Å². The molecule has 2 heterocycles. The molecule has 0 saturated heterocycles. The molecule has 0 aromatic carbocycles. The molecule has 2 aliphatic rings. The third kappa shape index (κ3) is 1.27. The van der Waals surface area contributed by atoms with E-state index in [1.54, 1.807) is 0 Å². The Morgan fingerprint density at radius 3 is 2.87 bits per heavy atom. The number of hydrogen-bond acceptors (Lipinski definition) is 3. The van der Waals surface area contributed by atoms with E-state index in [0.717, 1.165) is 30.0 Å². The summed E-state index contributed by atoms with van der Waals surface area (Å²) >= 11 is 0. The second kappa shape index (κ2) is 3.35. The van der Waals surface area contributed by atoms with Crippen molar-refractivity contribution in [2.45, 2.75) is 44.8 Å². The van der Waals surface area contributed by atoms with Crippen LogP contribution in [0.5, 0.6) is 0 Å². The van der Waals surface area contributed by atoms with Gasteiger partial charge in [-0.05, 0) is 12.8 Å². The van der Waals surface area contributed by atoms with Gasteiger partial charge in [0.25, 0.3) is 0 Å². The van der Waals surface area contributed by atoms with Crippen LogP contribution in [-0.2, 0) is 13.1 Å². The molecule has 1 N–H and O–H groups in total. The Bertz CT molecular complexity index is 421. The van der Waals surface area contributed by atoms with Gasteiger partial charge in [0.05, 0.1) is 11.7 Å². The van der Waals surface area contributed by atoms with E-state index < -0.39 is 0 Å². The van der Waals surface area contributed by atoms with E-state index in [4.69, 9.17) is 0 Å². The lowest BCUT2D eigenvalue weighted by atomic mass is 10.2. The van der Waals surface area contributed by atoms with Crippen LogP contribution in [0.3, 0.4) is 0 Å². The maximum absolute atomic E-state index is 9.19. The van der Waals surface area contributed by atoms with E-state index in [1.165, 1.54) is 25.7 Å². The van der Waals surface area contributed by atoms with Crippen molar-refractivity contribution in [1.29, 1.82) is 5.26 Å². The highest BCUT2D eigenvalue weighted by Gasteiger charge is 2.27. The molecule has 15 heavy (non-hydrogen) atoms. The largest absolute Gasteiger partial charge is 0.307 e. The number of aromatic nitrogens is 2. The number of nitrogens with zero attached hydrogens (tertiary/aromatic N) is 3. The zero-order valence-electron chi connectivity index (χ0n) is 8.66. The minimum absolute atomic E-state index is 0.477. The van der Waals surface area contributed by atoms with Crippen molar-refractivity contribution in [1.82, 2.24) is 15.1 Å². The van der Waals surface area contributed by atoms with Crippen molar-refractivity contribution in [3.63, 3.8) is 0 Å². The SMILES string of the molecule is N#Cc1c2c(nn1C1CCCC1)CNC2. The fourth-order valence-electron chi connectivity index (χ4n) is 2.68. The van der Waals surface area contributed by atoms with Crippen LogP contribution < -0.4 is 5.32 Å². The fourth-order valence-corrected chi connectivity index (χ4v) is 2.68. The summed E-state index contributed by atoms with van der Waals surface area (Å²) < 4.78 is 1.98. The number of nitrogens with one attached hydrogen (secondary N) is 1. The molecule has 0 amide bonds. The van der Waals surface area contributed by atoms with Crippen molar-refractivity contribution >= 4 is 0 Å². The summed E-state index contributed by atoms with van der Waals surface area (Å²) in [5.74, 6) is 0. The lowest BCUT2D eigenvalue weighted by molar-refractivity contribution is 0.455. The summed E-state index contributed by atoms with van der Waals surface area (Å²) in [4.78, 5) is 0. The van der Waals surface area contributed by atoms with Gasteiger partial charge in [-0.1, -0.05) is 12.8 Å². The first kappa shape index (κ1) is 8.93. The molecule has 78 valence electrons. The monoisotopic (exact) mass is 202 g/mol. The summed E-state index contributed by atoms with van der Waals surface area (Å²) in [6.45, 7) is 1.63. The van der Waals surface area contributed by atoms with Gasteiger partial charge in [-0.2, -0.15) is 10.4 Å². The molecule has 0 bridgehead atoms. The van der Waals surface area contributed by atoms with Crippen molar-refractivity contribution in [3.05, 3.63) is 17.0 Å². The summed E-state index contributed by atoms with van der Waals surface area (Å²) in [6.07, 6.45) is 4.92. The molecule has 1 aromatic heterocycles. The Morgan fingerprint density at radius 1 is 1.33 bits per heavy atom. The molecule has 1 aliphatic carbocycles. The zero-order valence-corrected chi connectivity index (χ0v) is 8.66. The molecule has 1 aliphatic heterocycles. The van der Waals surface area contributed by atoms with Crippen molar-refractivity contribution in [2.24, 2.45) is 0 Å². The molecule has 0 radical (unpaired) electrons. The van der Waals surface area contributed by atoms with Crippen LogP contribution >= 0.6 is 0 Å². The molecule has 4 nitrogen and oxygen atoms in total. The van der Waals surface area contributed by atoms with Crippen LogP contribution in [0.4, 0.5) is 0 Å². The molecule has 0 unspecified atom stereocenters. The molecular formula is C11H14N4. The Hall–Kier alpha value is -1.34. The topological polar surface area (TPSA) is 53.6 Å². The Morgan fingerprint density at radius 2 is 2.13 bits per heavy atom. The molecule has 3 rings (SSSR count). The van der Waals surface area contributed by atoms with E-state index in [9.17, 15) is 5.26 Å². The van der Waals surface area contributed by atoms with Crippen LogP contribution in [0, 0.1) is 11.3 Å². The highest BCUT2D eigenvalue weighted by atomic mass is 15.3. The summed E-state index contributed by atoms with van der Waals surface area (Å²) in [5.41, 5.74) is 3.00. The van der Waals surface area contributed by atoms with Gasteiger partial charge in [-0.15, -0.1) is 0 Å².